The Kier molecular flexibility index (Phi) is 6.31. The lowest BCUT2D eigenvalue weighted by molar-refractivity contribution is -0.152. The number of hydrogen-bond donors (Lipinski definition) is 1. The summed E-state index contributed by atoms with van der Waals surface area (Å²) in [5, 5.41) is 3.36. The van der Waals surface area contributed by atoms with Crippen LogP contribution in [0.4, 0.5) is 5.69 Å². The highest BCUT2D eigenvalue weighted by Gasteiger charge is 2.36. The Hall–Kier alpha value is -2.86. The molecule has 1 saturated heterocycles. The van der Waals surface area contributed by atoms with Crippen molar-refractivity contribution in [2.75, 3.05) is 18.1 Å². The Morgan fingerprint density at radius 2 is 1.86 bits per heavy atom. The zero-order valence-corrected chi connectivity index (χ0v) is 16.2. The lowest BCUT2D eigenvalue weighted by Gasteiger charge is -2.17. The molecule has 1 heterocycles. The second-order valence-electron chi connectivity index (χ2n) is 6.69. The summed E-state index contributed by atoms with van der Waals surface area (Å²) in [6.45, 7) is 1.71. The van der Waals surface area contributed by atoms with E-state index in [0.717, 1.165) is 5.56 Å². The minimum atomic E-state index is -0.595. The highest BCUT2D eigenvalue weighted by molar-refractivity contribution is 6.30. The number of carbonyl (C=O) groups is 3. The van der Waals surface area contributed by atoms with E-state index in [1.54, 1.807) is 24.3 Å². The average Bonchev–Trinajstić information content (AvgIpc) is 3.09. The molecule has 1 aliphatic rings. The van der Waals surface area contributed by atoms with Gasteiger partial charge in [0.15, 0.2) is 6.61 Å². The van der Waals surface area contributed by atoms with E-state index in [9.17, 15) is 14.4 Å². The molecule has 0 radical (unpaired) electrons. The third kappa shape index (κ3) is 4.89. The molecule has 146 valence electrons. The number of esters is 1. The first-order valence-electron chi connectivity index (χ1n) is 9.01. The van der Waals surface area contributed by atoms with Crippen LogP contribution in [0.3, 0.4) is 0 Å². The molecule has 6 nitrogen and oxygen atoms in total. The Bertz CT molecular complexity index is 854. The van der Waals surface area contributed by atoms with Crippen molar-refractivity contribution in [2.24, 2.45) is 5.92 Å². The first-order chi connectivity index (χ1) is 13.4. The van der Waals surface area contributed by atoms with E-state index >= 15 is 0 Å². The first-order valence-corrected chi connectivity index (χ1v) is 9.38. The topological polar surface area (TPSA) is 75.7 Å². The molecule has 1 fully saturated rings. The number of anilines is 1. The summed E-state index contributed by atoms with van der Waals surface area (Å²) in [5.41, 5.74) is 1.64. The number of rotatable bonds is 6. The zero-order valence-electron chi connectivity index (χ0n) is 15.4. The Labute approximate surface area is 168 Å². The predicted molar refractivity (Wildman–Crippen MR) is 106 cm³/mol. The number of nitrogens with zero attached hydrogens (tertiary/aromatic N) is 1. The van der Waals surface area contributed by atoms with Crippen molar-refractivity contribution in [1.82, 2.24) is 5.32 Å². The van der Waals surface area contributed by atoms with E-state index in [0.29, 0.717) is 10.7 Å². The van der Waals surface area contributed by atoms with Crippen LogP contribution in [0, 0.1) is 5.92 Å². The smallest absolute Gasteiger partial charge is 0.311 e. The van der Waals surface area contributed by atoms with Gasteiger partial charge in [-0.3, -0.25) is 14.4 Å². The van der Waals surface area contributed by atoms with Gasteiger partial charge in [0.2, 0.25) is 5.91 Å². The summed E-state index contributed by atoms with van der Waals surface area (Å²) in [6, 6.07) is 16.1. The van der Waals surface area contributed by atoms with Crippen molar-refractivity contribution in [3.63, 3.8) is 0 Å². The first kappa shape index (κ1) is 19.9. The molecule has 2 aromatic carbocycles. The van der Waals surface area contributed by atoms with E-state index in [2.05, 4.69) is 5.32 Å². The van der Waals surface area contributed by atoms with Crippen LogP contribution in [-0.2, 0) is 19.1 Å². The average molecular weight is 401 g/mol. The van der Waals surface area contributed by atoms with Crippen molar-refractivity contribution >= 4 is 35.1 Å². The van der Waals surface area contributed by atoms with Crippen LogP contribution in [0.5, 0.6) is 0 Å². The SMILES string of the molecule is C[C@@H](NC(=O)COC(=O)[C@H]1CC(=O)N(c2ccc(Cl)cc2)C1)c1ccccc1. The normalized spacial score (nSPS) is 17.3. The second-order valence-corrected chi connectivity index (χ2v) is 7.13. The van der Waals surface area contributed by atoms with Crippen LogP contribution in [0.15, 0.2) is 54.6 Å². The van der Waals surface area contributed by atoms with Gasteiger partial charge < -0.3 is 15.0 Å². The molecular weight excluding hydrogens is 380 g/mol. The van der Waals surface area contributed by atoms with Crippen LogP contribution < -0.4 is 10.2 Å². The number of amides is 2. The Morgan fingerprint density at radius 3 is 2.54 bits per heavy atom. The maximum absolute atomic E-state index is 12.3. The fourth-order valence-corrected chi connectivity index (χ4v) is 3.22. The Balaban J connectivity index is 1.49. The van der Waals surface area contributed by atoms with Crippen LogP contribution in [0.1, 0.15) is 24.9 Å². The zero-order chi connectivity index (χ0) is 20.1. The van der Waals surface area contributed by atoms with Gasteiger partial charge in [-0.2, -0.15) is 0 Å². The molecule has 0 bridgehead atoms. The molecule has 28 heavy (non-hydrogen) atoms. The summed E-state index contributed by atoms with van der Waals surface area (Å²) in [7, 11) is 0. The molecule has 1 aliphatic heterocycles. The molecule has 0 aromatic heterocycles. The molecule has 2 aromatic rings. The van der Waals surface area contributed by atoms with Gasteiger partial charge in [0, 0.05) is 23.7 Å². The maximum atomic E-state index is 12.3. The van der Waals surface area contributed by atoms with Gasteiger partial charge in [-0.1, -0.05) is 41.9 Å². The van der Waals surface area contributed by atoms with Gasteiger partial charge in [-0.15, -0.1) is 0 Å². The van der Waals surface area contributed by atoms with Crippen LogP contribution in [0.25, 0.3) is 0 Å². The van der Waals surface area contributed by atoms with Crippen molar-refractivity contribution in [1.29, 1.82) is 0 Å². The van der Waals surface area contributed by atoms with E-state index in [1.807, 2.05) is 37.3 Å². The largest absolute Gasteiger partial charge is 0.455 e. The van der Waals surface area contributed by atoms with Gasteiger partial charge in [0.05, 0.1) is 12.0 Å². The Morgan fingerprint density at radius 1 is 1.18 bits per heavy atom. The third-order valence-corrected chi connectivity index (χ3v) is 4.87. The van der Waals surface area contributed by atoms with Crippen molar-refractivity contribution in [2.45, 2.75) is 19.4 Å². The van der Waals surface area contributed by atoms with Gasteiger partial charge >= 0.3 is 5.97 Å². The molecule has 7 heteroatoms. The summed E-state index contributed by atoms with van der Waals surface area (Å²) in [4.78, 5) is 38.1. The van der Waals surface area contributed by atoms with Crippen LogP contribution in [0.2, 0.25) is 5.02 Å². The fraction of sp³-hybridized carbons (Fsp3) is 0.286. The van der Waals surface area contributed by atoms with Gasteiger partial charge in [0.1, 0.15) is 0 Å². The highest BCUT2D eigenvalue weighted by atomic mass is 35.5. The standard InChI is InChI=1S/C21H21ClN2O4/c1-14(15-5-3-2-4-6-15)23-19(25)13-28-21(27)16-11-20(26)24(12-16)18-9-7-17(22)8-10-18/h2-10,14,16H,11-13H2,1H3,(H,23,25)/t14-,16+/m1/s1. The third-order valence-electron chi connectivity index (χ3n) is 4.62. The molecule has 3 rings (SSSR count). The van der Waals surface area contributed by atoms with E-state index < -0.39 is 11.9 Å². The summed E-state index contributed by atoms with van der Waals surface area (Å²) < 4.78 is 5.13. The van der Waals surface area contributed by atoms with Crippen LogP contribution in [-0.4, -0.2) is 30.9 Å². The number of nitrogens with one attached hydrogen (secondary N) is 1. The van der Waals surface area contributed by atoms with E-state index in [1.165, 1.54) is 4.90 Å². The molecule has 0 aliphatic carbocycles. The summed E-state index contributed by atoms with van der Waals surface area (Å²) >= 11 is 5.86. The van der Waals surface area contributed by atoms with Gasteiger partial charge in [0.25, 0.3) is 5.91 Å². The number of benzene rings is 2. The van der Waals surface area contributed by atoms with Crippen molar-refractivity contribution in [3.8, 4) is 0 Å². The van der Waals surface area contributed by atoms with Crippen molar-refractivity contribution < 1.29 is 19.1 Å². The number of hydrogen-bond acceptors (Lipinski definition) is 4. The summed E-state index contributed by atoms with van der Waals surface area (Å²) in [5.74, 6) is -1.69. The van der Waals surface area contributed by atoms with Crippen molar-refractivity contribution in [3.05, 3.63) is 65.2 Å². The second kappa shape index (κ2) is 8.89. The number of carbonyl (C=O) groups excluding carboxylic acids is 3. The van der Waals surface area contributed by atoms with Gasteiger partial charge in [-0.05, 0) is 36.8 Å². The maximum Gasteiger partial charge on any atom is 0.311 e. The minimum Gasteiger partial charge on any atom is -0.455 e. The molecule has 2 amide bonds. The predicted octanol–water partition coefficient (Wildman–Crippen LogP) is 3.11. The molecule has 0 spiro atoms. The minimum absolute atomic E-state index is 0.0590. The van der Waals surface area contributed by atoms with Crippen LogP contribution >= 0.6 is 11.6 Å². The van der Waals surface area contributed by atoms with E-state index in [4.69, 9.17) is 16.3 Å². The summed E-state index contributed by atoms with van der Waals surface area (Å²) in [6.07, 6.45) is 0.0590. The molecule has 1 N–H and O–H groups in total. The molecule has 0 saturated carbocycles. The van der Waals surface area contributed by atoms with Gasteiger partial charge in [-0.25, -0.2) is 0 Å². The number of halogens is 1. The highest BCUT2D eigenvalue weighted by Crippen LogP contribution is 2.27. The quantitative estimate of drug-likeness (QED) is 0.756. The molecule has 2 atom stereocenters. The number of ether oxygens (including phenoxy) is 1. The monoisotopic (exact) mass is 400 g/mol. The lowest BCUT2D eigenvalue weighted by Crippen LogP contribution is -2.32. The fourth-order valence-electron chi connectivity index (χ4n) is 3.10. The lowest BCUT2D eigenvalue weighted by atomic mass is 10.1. The molecular formula is C21H21ClN2O4. The molecule has 0 unspecified atom stereocenters. The van der Waals surface area contributed by atoms with E-state index in [-0.39, 0.29) is 37.4 Å².